The fourth-order valence-electron chi connectivity index (χ4n) is 5.08. The summed E-state index contributed by atoms with van der Waals surface area (Å²) in [6.07, 6.45) is -1.10. The number of amides is 1. The molecule has 0 atom stereocenters. The topological polar surface area (TPSA) is 54.5 Å². The number of rotatable bonds is 7. The highest BCUT2D eigenvalue weighted by Crippen LogP contribution is 2.40. The minimum absolute atomic E-state index is 0.147. The van der Waals surface area contributed by atoms with Crippen LogP contribution >= 0.6 is 0 Å². The number of fused-ring (bicyclic) bond motifs is 1. The molecule has 2 heterocycles. The number of carbonyl (C=O) groups is 1. The lowest BCUT2D eigenvalue weighted by Gasteiger charge is -2.35. The summed E-state index contributed by atoms with van der Waals surface area (Å²) in [5.41, 5.74) is 3.04. The molecule has 0 aromatic heterocycles. The summed E-state index contributed by atoms with van der Waals surface area (Å²) in [7, 11) is 3.21. The van der Waals surface area contributed by atoms with Gasteiger partial charge in [-0.25, -0.2) is 0 Å². The van der Waals surface area contributed by atoms with Crippen LogP contribution in [-0.4, -0.2) is 69.0 Å². The van der Waals surface area contributed by atoms with Crippen LogP contribution in [0.3, 0.4) is 0 Å². The van der Waals surface area contributed by atoms with E-state index in [1.807, 2.05) is 54.6 Å². The van der Waals surface area contributed by atoms with Crippen LogP contribution in [-0.2, 0) is 6.54 Å². The zero-order chi connectivity index (χ0) is 28.3. The van der Waals surface area contributed by atoms with Gasteiger partial charge in [0.05, 0.1) is 19.9 Å². The van der Waals surface area contributed by atoms with E-state index >= 15 is 0 Å². The molecule has 0 unspecified atom stereocenters. The first kappa shape index (κ1) is 27.4. The molecule has 7 nitrogen and oxygen atoms in total. The van der Waals surface area contributed by atoms with Crippen molar-refractivity contribution in [2.45, 2.75) is 12.9 Å². The third-order valence-corrected chi connectivity index (χ3v) is 7.08. The molecule has 0 spiro atoms. The minimum Gasteiger partial charge on any atom is -0.497 e. The van der Waals surface area contributed by atoms with E-state index in [-0.39, 0.29) is 17.2 Å². The fraction of sp³-hybridized carbons (Fsp3) is 0.300. The third kappa shape index (κ3) is 6.02. The van der Waals surface area contributed by atoms with Crippen LogP contribution in [0.25, 0.3) is 6.08 Å². The molecule has 0 bridgehead atoms. The van der Waals surface area contributed by atoms with Crippen LogP contribution in [0, 0.1) is 0 Å². The van der Waals surface area contributed by atoms with Gasteiger partial charge in [0.2, 0.25) is 0 Å². The lowest BCUT2D eigenvalue weighted by Crippen LogP contribution is -2.48. The van der Waals surface area contributed by atoms with Crippen LogP contribution in [0.4, 0.5) is 24.5 Å². The number of hydrogen-bond donors (Lipinski definition) is 0. The first-order valence-electron chi connectivity index (χ1n) is 12.9. The van der Waals surface area contributed by atoms with Gasteiger partial charge in [-0.05, 0) is 35.9 Å². The van der Waals surface area contributed by atoms with Crippen LogP contribution in [0.5, 0.6) is 17.2 Å². The lowest BCUT2D eigenvalue weighted by atomic mass is 10.1. The van der Waals surface area contributed by atoms with E-state index in [1.54, 1.807) is 30.1 Å². The van der Waals surface area contributed by atoms with Crippen molar-refractivity contribution >= 4 is 23.4 Å². The maximum absolute atomic E-state index is 13.4. The Bertz CT molecular complexity index is 1400. The number of benzene rings is 3. The molecule has 1 amide bonds. The number of alkyl halides is 3. The number of nitrogens with zero attached hydrogens (tertiary/aromatic N) is 3. The Morgan fingerprint density at radius 1 is 0.875 bits per heavy atom. The Balaban J connectivity index is 1.31. The highest BCUT2D eigenvalue weighted by atomic mass is 19.4. The molecule has 2 aliphatic rings. The highest BCUT2D eigenvalue weighted by Gasteiger charge is 2.34. The summed E-state index contributed by atoms with van der Waals surface area (Å²) in [5, 5.41) is 0. The molecule has 3 aromatic rings. The molecular weight excluding hydrogens is 523 g/mol. The van der Waals surface area contributed by atoms with Gasteiger partial charge in [-0.15, -0.1) is 13.2 Å². The second-order valence-electron chi connectivity index (χ2n) is 9.55. The van der Waals surface area contributed by atoms with E-state index in [0.29, 0.717) is 45.0 Å². The predicted molar refractivity (Wildman–Crippen MR) is 146 cm³/mol. The van der Waals surface area contributed by atoms with E-state index in [0.717, 1.165) is 22.6 Å². The Morgan fingerprint density at radius 3 is 2.38 bits per heavy atom. The number of hydrogen-bond acceptors (Lipinski definition) is 6. The number of para-hydroxylation sites is 1. The molecule has 0 saturated carbocycles. The van der Waals surface area contributed by atoms with Crippen LogP contribution in [0.15, 0.2) is 66.7 Å². The summed E-state index contributed by atoms with van der Waals surface area (Å²) in [5.74, 6) is 0.687. The van der Waals surface area contributed by atoms with E-state index in [9.17, 15) is 18.0 Å². The van der Waals surface area contributed by atoms with Crippen molar-refractivity contribution in [2.24, 2.45) is 0 Å². The summed E-state index contributed by atoms with van der Waals surface area (Å²) >= 11 is 0. The molecule has 0 radical (unpaired) electrons. The average molecular weight is 554 g/mol. The van der Waals surface area contributed by atoms with E-state index in [1.165, 1.54) is 12.1 Å². The van der Waals surface area contributed by atoms with E-state index < -0.39 is 12.1 Å². The normalized spacial score (nSPS) is 15.5. The van der Waals surface area contributed by atoms with E-state index in [4.69, 9.17) is 9.47 Å². The number of methoxy groups -OCH3 is 2. The molecule has 0 N–H and O–H groups in total. The fourth-order valence-corrected chi connectivity index (χ4v) is 5.08. The maximum atomic E-state index is 13.4. The van der Waals surface area contributed by atoms with Crippen molar-refractivity contribution < 1.29 is 32.2 Å². The second kappa shape index (κ2) is 11.5. The van der Waals surface area contributed by atoms with Gasteiger partial charge in [-0.1, -0.05) is 36.4 Å². The van der Waals surface area contributed by atoms with Gasteiger partial charge in [0.15, 0.2) is 5.75 Å². The molecular formula is C30H30F3N3O4. The molecule has 5 rings (SSSR count). The smallest absolute Gasteiger partial charge is 0.497 e. The number of piperazine rings is 1. The summed E-state index contributed by atoms with van der Waals surface area (Å²) in [6.45, 7) is 3.12. The molecule has 1 fully saturated rings. The van der Waals surface area contributed by atoms with Gasteiger partial charge in [0.1, 0.15) is 11.5 Å². The summed E-state index contributed by atoms with van der Waals surface area (Å²) < 4.78 is 55.4. The number of anilines is 2. The van der Waals surface area contributed by atoms with Crippen molar-refractivity contribution in [3.8, 4) is 17.2 Å². The zero-order valence-electron chi connectivity index (χ0n) is 22.3. The average Bonchev–Trinajstić information content (AvgIpc) is 2.96. The Hall–Kier alpha value is -4.18. The van der Waals surface area contributed by atoms with Crippen molar-refractivity contribution in [3.63, 3.8) is 0 Å². The first-order chi connectivity index (χ1) is 19.3. The van der Waals surface area contributed by atoms with Crippen molar-refractivity contribution in [2.75, 3.05) is 51.8 Å². The standard InChI is InChI=1S/C30H30F3N3O4/c1-38-24-11-9-23(27(19-24)39-2)20-34-14-16-35(17-15-34)29(37)22-10-12-26(28(18-22)40-30(31,32)33)36-13-5-7-21-6-3-4-8-25(21)36/h3-12,18-19H,13-17,20H2,1-2H3. The summed E-state index contributed by atoms with van der Waals surface area (Å²) in [6, 6.07) is 17.4. The quantitative estimate of drug-likeness (QED) is 0.373. The lowest BCUT2D eigenvalue weighted by molar-refractivity contribution is -0.274. The van der Waals surface area contributed by atoms with E-state index in [2.05, 4.69) is 9.64 Å². The Labute approximate surface area is 231 Å². The van der Waals surface area contributed by atoms with Gasteiger partial charge in [-0.3, -0.25) is 9.69 Å². The van der Waals surface area contributed by atoms with Gasteiger partial charge < -0.3 is 24.0 Å². The monoisotopic (exact) mass is 553 g/mol. The predicted octanol–water partition coefficient (Wildman–Crippen LogP) is 5.73. The Morgan fingerprint density at radius 2 is 1.65 bits per heavy atom. The van der Waals surface area contributed by atoms with Crippen LogP contribution in [0.2, 0.25) is 0 Å². The maximum Gasteiger partial charge on any atom is 0.573 e. The highest BCUT2D eigenvalue weighted by molar-refractivity contribution is 5.96. The molecule has 3 aromatic carbocycles. The van der Waals surface area contributed by atoms with Crippen molar-refractivity contribution in [1.29, 1.82) is 0 Å². The second-order valence-corrected chi connectivity index (χ2v) is 9.55. The minimum atomic E-state index is -4.91. The number of carbonyl (C=O) groups excluding carboxylic acids is 1. The van der Waals surface area contributed by atoms with Gasteiger partial charge in [-0.2, -0.15) is 0 Å². The zero-order valence-corrected chi connectivity index (χ0v) is 22.3. The van der Waals surface area contributed by atoms with Crippen molar-refractivity contribution in [1.82, 2.24) is 9.80 Å². The van der Waals surface area contributed by atoms with Gasteiger partial charge >= 0.3 is 6.36 Å². The number of halogens is 3. The SMILES string of the molecule is COc1ccc(CN2CCN(C(=O)c3ccc(N4CC=Cc5ccccc54)c(OC(F)(F)F)c3)CC2)c(OC)c1. The third-order valence-electron chi connectivity index (χ3n) is 7.08. The van der Waals surface area contributed by atoms with Gasteiger partial charge in [0, 0.05) is 62.1 Å². The molecule has 40 heavy (non-hydrogen) atoms. The van der Waals surface area contributed by atoms with Crippen LogP contribution in [0.1, 0.15) is 21.5 Å². The molecule has 210 valence electrons. The van der Waals surface area contributed by atoms with Crippen molar-refractivity contribution in [3.05, 3.63) is 83.4 Å². The Kier molecular flexibility index (Phi) is 7.88. The van der Waals surface area contributed by atoms with Crippen LogP contribution < -0.4 is 19.1 Å². The van der Waals surface area contributed by atoms with Gasteiger partial charge in [0.25, 0.3) is 5.91 Å². The first-order valence-corrected chi connectivity index (χ1v) is 12.9. The molecule has 1 saturated heterocycles. The molecule has 0 aliphatic carbocycles. The molecule has 10 heteroatoms. The number of ether oxygens (including phenoxy) is 3. The summed E-state index contributed by atoms with van der Waals surface area (Å²) in [4.78, 5) is 19.0. The largest absolute Gasteiger partial charge is 0.573 e. The molecule has 2 aliphatic heterocycles.